The van der Waals surface area contributed by atoms with Crippen molar-refractivity contribution in [1.82, 2.24) is 9.55 Å². The molecule has 0 bridgehead atoms. The predicted octanol–water partition coefficient (Wildman–Crippen LogP) is -4.42. The van der Waals surface area contributed by atoms with Crippen LogP contribution < -0.4 is 11.4 Å². The smallest absolute Gasteiger partial charge is 0.394 e. The highest BCUT2D eigenvalue weighted by atomic mass is 31.2. The number of ether oxygens (including phenoxy) is 1. The molecule has 1 saturated heterocycles. The largest absolute Gasteiger partial charge is 0.466 e. The molecule has 1 aromatic rings. The predicted molar refractivity (Wildman–Crippen MR) is 84.4 cm³/mol. The molecule has 11 N–H and O–H groups in total. The zero-order valence-electron chi connectivity index (χ0n) is 13.2. The number of nitrogens with zero attached hydrogens (tertiary/aromatic N) is 2. The van der Waals surface area contributed by atoms with Gasteiger partial charge < -0.3 is 55.2 Å². The quantitative estimate of drug-likeness (QED) is 0.195. The van der Waals surface area contributed by atoms with Gasteiger partial charge in [0.25, 0.3) is 0 Å². The molecule has 1 aliphatic rings. The third-order valence-corrected chi connectivity index (χ3v) is 2.64. The van der Waals surface area contributed by atoms with Crippen molar-refractivity contribution < 1.29 is 58.5 Å². The molecule has 1 aliphatic heterocycles. The van der Waals surface area contributed by atoms with Crippen molar-refractivity contribution >= 4 is 21.5 Å². The Morgan fingerprint density at radius 2 is 1.52 bits per heavy atom. The van der Waals surface area contributed by atoms with Crippen molar-refractivity contribution in [3.8, 4) is 0 Å². The molecular formula is C9H19N3O13P2. The van der Waals surface area contributed by atoms with E-state index in [1.807, 2.05) is 0 Å². The first-order valence-electron chi connectivity index (χ1n) is 6.58. The summed E-state index contributed by atoms with van der Waals surface area (Å²) in [5.41, 5.74) is 4.63. The molecule has 0 unspecified atom stereocenters. The molecular weight excluding hydrogens is 420 g/mol. The summed E-state index contributed by atoms with van der Waals surface area (Å²) in [6.07, 6.45) is -3.27. The highest BCUT2D eigenvalue weighted by Gasteiger charge is 2.43. The molecule has 1 aromatic heterocycles. The minimum absolute atomic E-state index is 0.0537. The second kappa shape index (κ2) is 10.3. The second-order valence-corrected chi connectivity index (χ2v) is 6.85. The minimum Gasteiger partial charge on any atom is -0.394 e. The van der Waals surface area contributed by atoms with E-state index in [2.05, 4.69) is 4.98 Å². The summed E-state index contributed by atoms with van der Waals surface area (Å²) in [5.74, 6) is 0.0537. The van der Waals surface area contributed by atoms with Gasteiger partial charge in [-0.3, -0.25) is 4.57 Å². The molecule has 0 spiro atoms. The standard InChI is InChI=1S/C9H13N3O5.2H3O4P/c10-5-1-2-12(9(16)11-5)8-7(15)6(14)4(3-13)17-8;2*1-5(2,3)4/h1-2,4,6-8,13-15H,3H2,(H2,10,11,16);2*(H3,1,2,3,4)/t4-,6-,7-,8-;;/m1../s1. The number of aromatic nitrogens is 2. The lowest BCUT2D eigenvalue weighted by Crippen LogP contribution is -2.36. The Morgan fingerprint density at radius 3 is 1.85 bits per heavy atom. The minimum atomic E-state index is -4.64. The Hall–Kier alpha value is -1.26. The highest BCUT2D eigenvalue weighted by Crippen LogP contribution is 2.28. The van der Waals surface area contributed by atoms with E-state index in [0.29, 0.717) is 0 Å². The summed E-state index contributed by atoms with van der Waals surface area (Å²) < 4.78 is 24.0. The van der Waals surface area contributed by atoms with Crippen LogP contribution in [-0.2, 0) is 13.9 Å². The maximum Gasteiger partial charge on any atom is 0.466 e. The van der Waals surface area contributed by atoms with Crippen LogP contribution in [-0.4, -0.2) is 79.1 Å². The van der Waals surface area contributed by atoms with Crippen LogP contribution in [0.15, 0.2) is 17.1 Å². The first-order valence-corrected chi connectivity index (χ1v) is 9.71. The van der Waals surface area contributed by atoms with Crippen LogP contribution in [0.1, 0.15) is 6.23 Å². The Morgan fingerprint density at radius 1 is 1.07 bits per heavy atom. The molecule has 158 valence electrons. The Labute approximate surface area is 150 Å². The fraction of sp³-hybridized carbons (Fsp3) is 0.556. The molecule has 2 rings (SSSR count). The topological polar surface area (TPSA) is 286 Å². The number of anilines is 1. The van der Waals surface area contributed by atoms with Gasteiger partial charge >= 0.3 is 21.3 Å². The van der Waals surface area contributed by atoms with E-state index in [1.54, 1.807) is 0 Å². The molecule has 0 radical (unpaired) electrons. The number of phosphoric acid groups is 2. The molecule has 27 heavy (non-hydrogen) atoms. The van der Waals surface area contributed by atoms with Crippen LogP contribution in [0.3, 0.4) is 0 Å². The zero-order valence-corrected chi connectivity index (χ0v) is 15.0. The summed E-state index contributed by atoms with van der Waals surface area (Å²) >= 11 is 0. The van der Waals surface area contributed by atoms with Gasteiger partial charge in [-0.2, -0.15) is 4.98 Å². The molecule has 0 aliphatic carbocycles. The molecule has 18 heteroatoms. The molecule has 2 heterocycles. The number of nitrogen functional groups attached to an aromatic ring is 1. The van der Waals surface area contributed by atoms with E-state index in [1.165, 1.54) is 12.3 Å². The van der Waals surface area contributed by atoms with Crippen LogP contribution in [0.25, 0.3) is 0 Å². The Balaban J connectivity index is 0.000000563. The van der Waals surface area contributed by atoms with Crippen LogP contribution in [0.2, 0.25) is 0 Å². The van der Waals surface area contributed by atoms with Gasteiger partial charge in [0.1, 0.15) is 24.1 Å². The van der Waals surface area contributed by atoms with Crippen molar-refractivity contribution in [1.29, 1.82) is 0 Å². The van der Waals surface area contributed by atoms with E-state index >= 15 is 0 Å². The highest BCUT2D eigenvalue weighted by molar-refractivity contribution is 7.45. The van der Waals surface area contributed by atoms with Gasteiger partial charge in [-0.25, -0.2) is 13.9 Å². The van der Waals surface area contributed by atoms with Crippen LogP contribution in [0, 0.1) is 0 Å². The SMILES string of the molecule is Nc1ccn([C@@H]2O[C@H](CO)[C@@H](O)[C@H]2O)c(=O)n1.O=P(O)(O)O.O=P(O)(O)O. The third-order valence-electron chi connectivity index (χ3n) is 2.64. The van der Waals surface area contributed by atoms with Crippen LogP contribution >= 0.6 is 15.6 Å². The van der Waals surface area contributed by atoms with E-state index in [-0.39, 0.29) is 5.82 Å². The zero-order chi connectivity index (χ0) is 21.6. The summed E-state index contributed by atoms with van der Waals surface area (Å²) in [4.78, 5) is 58.1. The van der Waals surface area contributed by atoms with E-state index in [9.17, 15) is 15.0 Å². The molecule has 0 saturated carbocycles. The number of nitrogens with two attached hydrogens (primary N) is 1. The average Bonchev–Trinajstić information content (AvgIpc) is 2.72. The molecule has 4 atom stereocenters. The number of hydrogen-bond acceptors (Lipinski definition) is 9. The van der Waals surface area contributed by atoms with Crippen molar-refractivity contribution in [2.45, 2.75) is 24.5 Å². The van der Waals surface area contributed by atoms with Gasteiger partial charge in [-0.15, -0.1) is 0 Å². The summed E-state index contributed by atoms with van der Waals surface area (Å²) in [5, 5.41) is 28.2. The van der Waals surface area contributed by atoms with Crippen LogP contribution in [0.5, 0.6) is 0 Å². The van der Waals surface area contributed by atoms with Gasteiger partial charge in [0.05, 0.1) is 6.61 Å². The summed E-state index contributed by atoms with van der Waals surface area (Å²) in [6.45, 7) is -0.453. The molecule has 0 amide bonds. The number of aliphatic hydroxyl groups is 3. The maximum atomic E-state index is 11.5. The maximum absolute atomic E-state index is 11.5. The lowest BCUT2D eigenvalue weighted by Gasteiger charge is -2.16. The lowest BCUT2D eigenvalue weighted by atomic mass is 10.1. The Kier molecular flexibility index (Phi) is 9.85. The van der Waals surface area contributed by atoms with E-state index in [0.717, 1.165) is 4.57 Å². The van der Waals surface area contributed by atoms with Gasteiger partial charge in [0.15, 0.2) is 6.23 Å². The normalized spacial score (nSPS) is 25.1. The number of aliphatic hydroxyl groups excluding tert-OH is 3. The molecule has 0 aromatic carbocycles. The number of hydrogen-bond donors (Lipinski definition) is 10. The first-order chi connectivity index (χ1) is 12.0. The Bertz CT molecular complexity index is 708. The van der Waals surface area contributed by atoms with Crippen molar-refractivity contribution in [3.63, 3.8) is 0 Å². The summed E-state index contributed by atoms with van der Waals surface area (Å²) in [6, 6.07) is 1.37. The third kappa shape index (κ3) is 11.2. The van der Waals surface area contributed by atoms with Crippen molar-refractivity contribution in [3.05, 3.63) is 22.7 Å². The van der Waals surface area contributed by atoms with Crippen LogP contribution in [0.4, 0.5) is 5.82 Å². The fourth-order valence-corrected chi connectivity index (χ4v) is 1.73. The molecule has 1 fully saturated rings. The fourth-order valence-electron chi connectivity index (χ4n) is 1.73. The van der Waals surface area contributed by atoms with Gasteiger partial charge in [0.2, 0.25) is 0 Å². The monoisotopic (exact) mass is 439 g/mol. The van der Waals surface area contributed by atoms with Gasteiger partial charge in [-0.1, -0.05) is 0 Å². The average molecular weight is 439 g/mol. The lowest BCUT2D eigenvalue weighted by molar-refractivity contribution is -0.0549. The van der Waals surface area contributed by atoms with E-state index in [4.69, 9.17) is 54.1 Å². The summed E-state index contributed by atoms with van der Waals surface area (Å²) in [7, 11) is -9.28. The van der Waals surface area contributed by atoms with Gasteiger partial charge in [-0.05, 0) is 6.07 Å². The first kappa shape index (κ1) is 25.7. The van der Waals surface area contributed by atoms with Crippen molar-refractivity contribution in [2.75, 3.05) is 12.3 Å². The molecule has 16 nitrogen and oxygen atoms in total. The van der Waals surface area contributed by atoms with Crippen molar-refractivity contribution in [2.24, 2.45) is 0 Å². The number of rotatable bonds is 2. The van der Waals surface area contributed by atoms with Gasteiger partial charge in [0, 0.05) is 6.20 Å². The second-order valence-electron chi connectivity index (χ2n) is 4.80. The van der Waals surface area contributed by atoms with E-state index < -0.39 is 52.5 Å².